The Balaban J connectivity index is 1.96. The molecule has 4 nitrogen and oxygen atoms in total. The van der Waals surface area contributed by atoms with E-state index in [0.717, 1.165) is 11.9 Å². The maximum atomic E-state index is 13.7. The maximum absolute atomic E-state index is 13.7. The summed E-state index contributed by atoms with van der Waals surface area (Å²) in [4.78, 5) is 4.21. The standard InChI is InChI=1S/C16H16FN3O/c1-21-15-10-14-13(9-12(15)17)19-16(18)20(14)8-7-11-5-3-2-4-6-11/h2-6,9-10H,7-8H2,1H3,(H2,18,19). The second kappa shape index (κ2) is 5.44. The molecule has 0 spiro atoms. The van der Waals surface area contributed by atoms with Crippen molar-refractivity contribution < 1.29 is 9.13 Å². The number of nitrogens with two attached hydrogens (primary N) is 1. The van der Waals surface area contributed by atoms with Crippen LogP contribution in [0.2, 0.25) is 0 Å². The first kappa shape index (κ1) is 13.4. The van der Waals surface area contributed by atoms with Crippen LogP contribution in [-0.4, -0.2) is 16.7 Å². The van der Waals surface area contributed by atoms with Crippen LogP contribution in [0.4, 0.5) is 10.3 Å². The number of methoxy groups -OCH3 is 1. The van der Waals surface area contributed by atoms with Crippen LogP contribution in [-0.2, 0) is 13.0 Å². The number of halogens is 1. The first-order valence-corrected chi connectivity index (χ1v) is 6.72. The van der Waals surface area contributed by atoms with Crippen LogP contribution >= 0.6 is 0 Å². The van der Waals surface area contributed by atoms with Crippen molar-refractivity contribution in [2.45, 2.75) is 13.0 Å². The summed E-state index contributed by atoms with van der Waals surface area (Å²) in [6, 6.07) is 13.1. The molecule has 3 aromatic rings. The number of nitrogens with zero attached hydrogens (tertiary/aromatic N) is 2. The molecule has 2 N–H and O–H groups in total. The van der Waals surface area contributed by atoms with Crippen LogP contribution < -0.4 is 10.5 Å². The Kier molecular flexibility index (Phi) is 3.48. The molecule has 0 fully saturated rings. The van der Waals surface area contributed by atoms with Gasteiger partial charge >= 0.3 is 0 Å². The second-order valence-corrected chi connectivity index (χ2v) is 4.83. The number of ether oxygens (including phenoxy) is 1. The Morgan fingerprint density at radius 3 is 2.71 bits per heavy atom. The van der Waals surface area contributed by atoms with Crippen molar-refractivity contribution in [3.05, 3.63) is 53.8 Å². The van der Waals surface area contributed by atoms with E-state index in [-0.39, 0.29) is 5.75 Å². The van der Waals surface area contributed by atoms with E-state index >= 15 is 0 Å². The van der Waals surface area contributed by atoms with Crippen molar-refractivity contribution in [1.29, 1.82) is 0 Å². The molecule has 21 heavy (non-hydrogen) atoms. The highest BCUT2D eigenvalue weighted by Gasteiger charge is 2.13. The quantitative estimate of drug-likeness (QED) is 0.801. The Morgan fingerprint density at radius 1 is 1.24 bits per heavy atom. The third kappa shape index (κ3) is 2.54. The van der Waals surface area contributed by atoms with Gasteiger partial charge in [0.1, 0.15) is 0 Å². The van der Waals surface area contributed by atoms with Gasteiger partial charge in [0.05, 0.1) is 18.1 Å². The fourth-order valence-corrected chi connectivity index (χ4v) is 2.42. The van der Waals surface area contributed by atoms with Crippen LogP contribution in [0.5, 0.6) is 5.75 Å². The molecule has 0 radical (unpaired) electrons. The van der Waals surface area contributed by atoms with E-state index in [1.54, 1.807) is 6.07 Å². The summed E-state index contributed by atoms with van der Waals surface area (Å²) in [7, 11) is 1.44. The summed E-state index contributed by atoms with van der Waals surface area (Å²) in [6.45, 7) is 0.682. The van der Waals surface area contributed by atoms with Crippen molar-refractivity contribution in [3.8, 4) is 5.75 Å². The number of aromatic nitrogens is 2. The van der Waals surface area contributed by atoms with Gasteiger partial charge in [-0.15, -0.1) is 0 Å². The lowest BCUT2D eigenvalue weighted by Gasteiger charge is -2.08. The van der Waals surface area contributed by atoms with Gasteiger partial charge in [0, 0.05) is 18.7 Å². The summed E-state index contributed by atoms with van der Waals surface area (Å²) in [5.41, 5.74) is 8.48. The number of fused-ring (bicyclic) bond motifs is 1. The van der Waals surface area contributed by atoms with Crippen LogP contribution in [0.3, 0.4) is 0 Å². The number of imidazole rings is 1. The number of hydrogen-bond acceptors (Lipinski definition) is 3. The van der Waals surface area contributed by atoms with Crippen molar-refractivity contribution in [3.63, 3.8) is 0 Å². The summed E-state index contributed by atoms with van der Waals surface area (Å²) in [5.74, 6) is 0.148. The molecule has 2 aromatic carbocycles. The Hall–Kier alpha value is -2.56. The highest BCUT2D eigenvalue weighted by Crippen LogP contribution is 2.26. The minimum atomic E-state index is -0.433. The van der Waals surface area contributed by atoms with Crippen molar-refractivity contribution in [2.24, 2.45) is 0 Å². The SMILES string of the molecule is COc1cc2c(cc1F)nc(N)n2CCc1ccccc1. The first-order chi connectivity index (χ1) is 10.2. The van der Waals surface area contributed by atoms with Gasteiger partial charge in [0.25, 0.3) is 0 Å². The Morgan fingerprint density at radius 2 is 2.00 bits per heavy atom. The summed E-state index contributed by atoms with van der Waals surface area (Å²) >= 11 is 0. The van der Waals surface area contributed by atoms with Gasteiger partial charge in [0.15, 0.2) is 11.6 Å². The molecule has 3 rings (SSSR count). The topological polar surface area (TPSA) is 53.1 Å². The van der Waals surface area contributed by atoms with Gasteiger partial charge < -0.3 is 15.0 Å². The molecular formula is C16H16FN3O. The van der Waals surface area contributed by atoms with Gasteiger partial charge in [-0.3, -0.25) is 0 Å². The number of hydrogen-bond donors (Lipinski definition) is 1. The molecule has 0 unspecified atom stereocenters. The number of anilines is 1. The highest BCUT2D eigenvalue weighted by molar-refractivity contribution is 5.80. The zero-order valence-electron chi connectivity index (χ0n) is 11.7. The van der Waals surface area contributed by atoms with Crippen LogP contribution in [0.15, 0.2) is 42.5 Å². The maximum Gasteiger partial charge on any atom is 0.201 e. The van der Waals surface area contributed by atoms with Crippen LogP contribution in [0, 0.1) is 5.82 Å². The van der Waals surface area contributed by atoms with Crippen molar-refractivity contribution >= 4 is 17.0 Å². The van der Waals surface area contributed by atoms with E-state index in [1.165, 1.54) is 18.7 Å². The summed E-state index contributed by atoms with van der Waals surface area (Å²) in [6.07, 6.45) is 0.830. The Labute approximate surface area is 122 Å². The lowest BCUT2D eigenvalue weighted by Crippen LogP contribution is -2.05. The van der Waals surface area contributed by atoms with Gasteiger partial charge in [-0.05, 0) is 12.0 Å². The van der Waals surface area contributed by atoms with E-state index < -0.39 is 5.82 Å². The largest absolute Gasteiger partial charge is 0.494 e. The zero-order chi connectivity index (χ0) is 14.8. The minimum Gasteiger partial charge on any atom is -0.494 e. The smallest absolute Gasteiger partial charge is 0.201 e. The monoisotopic (exact) mass is 285 g/mol. The molecule has 108 valence electrons. The average molecular weight is 285 g/mol. The second-order valence-electron chi connectivity index (χ2n) is 4.83. The van der Waals surface area contributed by atoms with E-state index in [2.05, 4.69) is 17.1 Å². The van der Waals surface area contributed by atoms with Gasteiger partial charge in [-0.25, -0.2) is 9.37 Å². The summed E-state index contributed by atoms with van der Waals surface area (Å²) < 4.78 is 20.6. The number of rotatable bonds is 4. The van der Waals surface area contributed by atoms with E-state index in [4.69, 9.17) is 10.5 Å². The van der Waals surface area contributed by atoms with E-state index in [0.29, 0.717) is 18.0 Å². The lowest BCUT2D eigenvalue weighted by atomic mass is 10.1. The minimum absolute atomic E-state index is 0.198. The predicted molar refractivity (Wildman–Crippen MR) is 80.8 cm³/mol. The third-order valence-electron chi connectivity index (χ3n) is 3.52. The fourth-order valence-electron chi connectivity index (χ4n) is 2.42. The van der Waals surface area contributed by atoms with Crippen LogP contribution in [0.1, 0.15) is 5.56 Å². The number of aryl methyl sites for hydroxylation is 2. The van der Waals surface area contributed by atoms with Gasteiger partial charge in [0.2, 0.25) is 5.95 Å². The van der Waals surface area contributed by atoms with Crippen molar-refractivity contribution in [1.82, 2.24) is 9.55 Å². The molecule has 0 saturated carbocycles. The number of benzene rings is 2. The molecule has 0 bridgehead atoms. The summed E-state index contributed by atoms with van der Waals surface area (Å²) in [5, 5.41) is 0. The third-order valence-corrected chi connectivity index (χ3v) is 3.52. The molecule has 0 amide bonds. The first-order valence-electron chi connectivity index (χ1n) is 6.72. The lowest BCUT2D eigenvalue weighted by molar-refractivity contribution is 0.387. The molecular weight excluding hydrogens is 269 g/mol. The van der Waals surface area contributed by atoms with Crippen molar-refractivity contribution in [2.75, 3.05) is 12.8 Å². The molecule has 0 aliphatic heterocycles. The zero-order valence-corrected chi connectivity index (χ0v) is 11.7. The van der Waals surface area contributed by atoms with E-state index in [9.17, 15) is 4.39 Å². The molecule has 0 aliphatic carbocycles. The molecule has 0 atom stereocenters. The average Bonchev–Trinajstić information content (AvgIpc) is 2.79. The van der Waals surface area contributed by atoms with E-state index in [1.807, 2.05) is 22.8 Å². The van der Waals surface area contributed by atoms with Gasteiger partial charge in [-0.2, -0.15) is 0 Å². The fraction of sp³-hybridized carbons (Fsp3) is 0.188. The number of nitrogen functional groups attached to an aromatic ring is 1. The molecule has 5 heteroatoms. The molecule has 1 heterocycles. The molecule has 0 aliphatic rings. The normalized spacial score (nSPS) is 11.0. The Bertz CT molecular complexity index is 768. The predicted octanol–water partition coefficient (Wildman–Crippen LogP) is 3.01. The highest BCUT2D eigenvalue weighted by atomic mass is 19.1. The van der Waals surface area contributed by atoms with Crippen LogP contribution in [0.25, 0.3) is 11.0 Å². The van der Waals surface area contributed by atoms with Gasteiger partial charge in [-0.1, -0.05) is 30.3 Å². The molecule has 1 aromatic heterocycles. The molecule has 0 saturated heterocycles.